The molecule has 0 saturated carbocycles. The average molecular weight is 323 g/mol. The molecule has 0 saturated heterocycles. The number of hydrogen-bond donors (Lipinski definition) is 1. The summed E-state index contributed by atoms with van der Waals surface area (Å²) in [4.78, 5) is 15.0. The Kier molecular flexibility index (Phi) is 4.52. The summed E-state index contributed by atoms with van der Waals surface area (Å²) >= 11 is 0. The van der Waals surface area contributed by atoms with Crippen molar-refractivity contribution in [3.8, 4) is 16.9 Å². The van der Waals surface area contributed by atoms with Crippen LogP contribution in [0.3, 0.4) is 0 Å². The van der Waals surface area contributed by atoms with E-state index < -0.39 is 11.8 Å². The normalized spacial score (nSPS) is 10.4. The molecule has 1 N–H and O–H groups in total. The highest BCUT2D eigenvalue weighted by molar-refractivity contribution is 5.89. The number of aromatic nitrogens is 1. The Morgan fingerprint density at radius 3 is 2.58 bits per heavy atom. The first-order valence-corrected chi connectivity index (χ1v) is 7.28. The molecule has 2 aromatic carbocycles. The van der Waals surface area contributed by atoms with Crippen LogP contribution in [0, 0.1) is 5.82 Å². The smallest absolute Gasteiger partial charge is 0.335 e. The first kappa shape index (κ1) is 15.7. The quantitative estimate of drug-likeness (QED) is 0.766. The predicted molar refractivity (Wildman–Crippen MR) is 87.4 cm³/mol. The number of carboxylic acids is 1. The zero-order valence-corrected chi connectivity index (χ0v) is 12.6. The van der Waals surface area contributed by atoms with Gasteiger partial charge in [-0.1, -0.05) is 30.3 Å². The summed E-state index contributed by atoms with van der Waals surface area (Å²) in [7, 11) is 0. The monoisotopic (exact) mass is 323 g/mol. The Morgan fingerprint density at radius 1 is 1.08 bits per heavy atom. The van der Waals surface area contributed by atoms with Gasteiger partial charge in [0.25, 0.3) is 0 Å². The van der Waals surface area contributed by atoms with E-state index in [1.54, 1.807) is 6.07 Å². The van der Waals surface area contributed by atoms with Crippen LogP contribution in [-0.2, 0) is 6.61 Å². The highest BCUT2D eigenvalue weighted by atomic mass is 19.1. The fraction of sp³-hybridized carbons (Fsp3) is 0.0526. The van der Waals surface area contributed by atoms with E-state index in [2.05, 4.69) is 4.98 Å². The first-order chi connectivity index (χ1) is 11.6. The fourth-order valence-corrected chi connectivity index (χ4v) is 2.31. The van der Waals surface area contributed by atoms with Crippen LogP contribution in [0.5, 0.6) is 5.75 Å². The van der Waals surface area contributed by atoms with Crippen molar-refractivity contribution < 1.29 is 19.0 Å². The van der Waals surface area contributed by atoms with Crippen molar-refractivity contribution in [2.45, 2.75) is 6.61 Å². The van der Waals surface area contributed by atoms with Crippen molar-refractivity contribution in [3.63, 3.8) is 0 Å². The van der Waals surface area contributed by atoms with Gasteiger partial charge in [0.05, 0.1) is 11.8 Å². The van der Waals surface area contributed by atoms with Crippen LogP contribution in [-0.4, -0.2) is 16.1 Å². The maximum Gasteiger partial charge on any atom is 0.335 e. The van der Waals surface area contributed by atoms with Gasteiger partial charge in [-0.3, -0.25) is 4.98 Å². The van der Waals surface area contributed by atoms with Gasteiger partial charge in [0.1, 0.15) is 18.2 Å². The minimum Gasteiger partial charge on any atom is -0.488 e. The molecule has 0 aliphatic rings. The van der Waals surface area contributed by atoms with Gasteiger partial charge in [-0.25, -0.2) is 9.18 Å². The molecule has 4 nitrogen and oxygen atoms in total. The molecule has 0 aliphatic carbocycles. The molecule has 0 bridgehead atoms. The molecule has 1 heterocycles. The third kappa shape index (κ3) is 3.57. The van der Waals surface area contributed by atoms with Crippen molar-refractivity contribution in [2.75, 3.05) is 0 Å². The largest absolute Gasteiger partial charge is 0.488 e. The van der Waals surface area contributed by atoms with Crippen LogP contribution in [0.15, 0.2) is 67.0 Å². The second-order valence-corrected chi connectivity index (χ2v) is 5.18. The summed E-state index contributed by atoms with van der Waals surface area (Å²) in [6, 6.07) is 15.3. The molecule has 3 aromatic rings. The molecule has 0 unspecified atom stereocenters. The minimum atomic E-state index is -1.05. The van der Waals surface area contributed by atoms with Crippen LogP contribution in [0.1, 0.15) is 15.9 Å². The average Bonchev–Trinajstić information content (AvgIpc) is 2.60. The molecule has 0 radical (unpaired) electrons. The van der Waals surface area contributed by atoms with Gasteiger partial charge in [-0.2, -0.15) is 0 Å². The SMILES string of the molecule is O=C(O)c1ccc(-c2cncc(F)c2)c(OCc2ccccc2)c1. The second-order valence-electron chi connectivity index (χ2n) is 5.18. The zero-order chi connectivity index (χ0) is 16.9. The number of pyridine rings is 1. The molecule has 5 heteroatoms. The Bertz CT molecular complexity index is 865. The topological polar surface area (TPSA) is 59.4 Å². The lowest BCUT2D eigenvalue weighted by Gasteiger charge is -2.13. The summed E-state index contributed by atoms with van der Waals surface area (Å²) in [5, 5.41) is 9.17. The van der Waals surface area contributed by atoms with Crippen molar-refractivity contribution >= 4 is 5.97 Å². The van der Waals surface area contributed by atoms with Crippen molar-refractivity contribution in [1.29, 1.82) is 0 Å². The van der Waals surface area contributed by atoms with E-state index in [9.17, 15) is 14.3 Å². The van der Waals surface area contributed by atoms with Gasteiger partial charge >= 0.3 is 5.97 Å². The van der Waals surface area contributed by atoms with Crippen LogP contribution < -0.4 is 4.74 Å². The maximum absolute atomic E-state index is 13.4. The number of hydrogen-bond acceptors (Lipinski definition) is 3. The lowest BCUT2D eigenvalue weighted by atomic mass is 10.0. The number of ether oxygens (including phenoxy) is 1. The molecule has 0 aliphatic heterocycles. The summed E-state index contributed by atoms with van der Waals surface area (Å²) in [5.41, 5.74) is 2.16. The minimum absolute atomic E-state index is 0.103. The number of aromatic carboxylic acids is 1. The highest BCUT2D eigenvalue weighted by Gasteiger charge is 2.12. The third-order valence-corrected chi connectivity index (χ3v) is 3.48. The van der Waals surface area contributed by atoms with E-state index in [0.29, 0.717) is 16.9 Å². The molecule has 24 heavy (non-hydrogen) atoms. The van der Waals surface area contributed by atoms with Gasteiger partial charge in [-0.15, -0.1) is 0 Å². The van der Waals surface area contributed by atoms with Crippen LogP contribution >= 0.6 is 0 Å². The predicted octanol–water partition coefficient (Wildman–Crippen LogP) is 4.16. The molecule has 3 rings (SSSR count). The molecule has 0 fully saturated rings. The van der Waals surface area contributed by atoms with E-state index in [-0.39, 0.29) is 12.2 Å². The summed E-state index contributed by atoms with van der Waals surface area (Å²) in [5.74, 6) is -1.15. The number of benzene rings is 2. The van der Waals surface area contributed by atoms with Gasteiger partial charge in [0.2, 0.25) is 0 Å². The van der Waals surface area contributed by atoms with Crippen LogP contribution in [0.25, 0.3) is 11.1 Å². The molecule has 0 amide bonds. The van der Waals surface area contributed by atoms with Crippen molar-refractivity contribution in [1.82, 2.24) is 4.98 Å². The molecule has 0 atom stereocenters. The van der Waals surface area contributed by atoms with E-state index in [4.69, 9.17) is 4.74 Å². The number of halogens is 1. The van der Waals surface area contributed by atoms with E-state index in [1.165, 1.54) is 24.4 Å². The standard InChI is InChI=1S/C19H14FNO3/c20-16-8-15(10-21-11-16)17-7-6-14(19(22)23)9-18(17)24-12-13-4-2-1-3-5-13/h1-11H,12H2,(H,22,23). The van der Waals surface area contributed by atoms with Crippen molar-refractivity contribution in [3.05, 3.63) is 83.9 Å². The van der Waals surface area contributed by atoms with Crippen LogP contribution in [0.4, 0.5) is 4.39 Å². The number of carboxylic acid groups (broad SMARTS) is 1. The van der Waals surface area contributed by atoms with Crippen LogP contribution in [0.2, 0.25) is 0 Å². The van der Waals surface area contributed by atoms with Crippen molar-refractivity contribution in [2.24, 2.45) is 0 Å². The molecule has 120 valence electrons. The highest BCUT2D eigenvalue weighted by Crippen LogP contribution is 2.31. The Hall–Kier alpha value is -3.21. The van der Waals surface area contributed by atoms with Gasteiger partial charge in [0.15, 0.2) is 0 Å². The van der Waals surface area contributed by atoms with E-state index in [0.717, 1.165) is 11.8 Å². The number of carbonyl (C=O) groups is 1. The Morgan fingerprint density at radius 2 is 1.88 bits per heavy atom. The maximum atomic E-state index is 13.4. The van der Waals surface area contributed by atoms with Gasteiger partial charge in [-0.05, 0) is 29.8 Å². The molecular formula is C19H14FNO3. The third-order valence-electron chi connectivity index (χ3n) is 3.48. The summed E-state index contributed by atoms with van der Waals surface area (Å²) in [6.45, 7) is 0.277. The van der Waals surface area contributed by atoms with Gasteiger partial charge < -0.3 is 9.84 Å². The van der Waals surface area contributed by atoms with E-state index in [1.807, 2.05) is 30.3 Å². The lowest BCUT2D eigenvalue weighted by Crippen LogP contribution is -2.01. The first-order valence-electron chi connectivity index (χ1n) is 7.28. The Labute approximate surface area is 138 Å². The Balaban J connectivity index is 1.97. The second kappa shape index (κ2) is 6.91. The number of rotatable bonds is 5. The van der Waals surface area contributed by atoms with E-state index >= 15 is 0 Å². The van der Waals surface area contributed by atoms with Gasteiger partial charge in [0, 0.05) is 17.3 Å². The molecule has 0 spiro atoms. The summed E-state index contributed by atoms with van der Waals surface area (Å²) in [6.07, 6.45) is 2.62. The zero-order valence-electron chi connectivity index (χ0n) is 12.6. The fourth-order valence-electron chi connectivity index (χ4n) is 2.31. The summed E-state index contributed by atoms with van der Waals surface area (Å²) < 4.78 is 19.2. The molecular weight excluding hydrogens is 309 g/mol. The number of nitrogens with zero attached hydrogens (tertiary/aromatic N) is 1. The lowest BCUT2D eigenvalue weighted by molar-refractivity contribution is 0.0696. The molecule has 1 aromatic heterocycles.